The molecule has 0 spiro atoms. The monoisotopic (exact) mass is 273 g/mol. The van der Waals surface area contributed by atoms with E-state index in [9.17, 15) is 0 Å². The summed E-state index contributed by atoms with van der Waals surface area (Å²) in [6, 6.07) is 9.07. The molecule has 1 nitrogen and oxygen atoms in total. The molecular weight excluding hydrogens is 242 g/mol. The van der Waals surface area contributed by atoms with Crippen LogP contribution in [0.2, 0.25) is 0 Å². The molecule has 0 aromatic heterocycles. The van der Waals surface area contributed by atoms with Crippen molar-refractivity contribution in [3.05, 3.63) is 35.4 Å². The number of rotatable bonds is 5. The third kappa shape index (κ3) is 4.34. The van der Waals surface area contributed by atoms with Crippen LogP contribution in [0.4, 0.5) is 0 Å². The fourth-order valence-corrected chi connectivity index (χ4v) is 3.85. The molecule has 1 aromatic rings. The normalized spacial score (nSPS) is 26.9. The van der Waals surface area contributed by atoms with Crippen molar-refractivity contribution >= 4 is 0 Å². The van der Waals surface area contributed by atoms with Crippen LogP contribution < -0.4 is 5.73 Å². The lowest BCUT2D eigenvalue weighted by Gasteiger charge is -2.39. The van der Waals surface area contributed by atoms with Crippen LogP contribution in [0, 0.1) is 11.8 Å². The Labute approximate surface area is 125 Å². The lowest BCUT2D eigenvalue weighted by atomic mass is 9.71. The van der Waals surface area contributed by atoms with Crippen LogP contribution in [0.25, 0.3) is 0 Å². The Bertz CT molecular complexity index is 406. The first-order valence-electron chi connectivity index (χ1n) is 8.37. The zero-order valence-electron chi connectivity index (χ0n) is 13.5. The van der Waals surface area contributed by atoms with Crippen molar-refractivity contribution in [2.75, 3.05) is 0 Å². The minimum atomic E-state index is 0.0333. The van der Waals surface area contributed by atoms with Gasteiger partial charge in [-0.2, -0.15) is 0 Å². The fourth-order valence-electron chi connectivity index (χ4n) is 3.85. The summed E-state index contributed by atoms with van der Waals surface area (Å²) in [6.45, 7) is 6.86. The smallest absolute Gasteiger partial charge is 0.0197 e. The molecule has 2 N–H and O–H groups in total. The van der Waals surface area contributed by atoms with Crippen molar-refractivity contribution in [1.29, 1.82) is 0 Å². The zero-order chi connectivity index (χ0) is 14.6. The molecule has 0 radical (unpaired) electrons. The van der Waals surface area contributed by atoms with Crippen LogP contribution in [0.5, 0.6) is 0 Å². The van der Waals surface area contributed by atoms with Crippen molar-refractivity contribution in [2.45, 2.75) is 71.3 Å². The predicted molar refractivity (Wildman–Crippen MR) is 87.9 cm³/mol. The van der Waals surface area contributed by atoms with Crippen molar-refractivity contribution in [2.24, 2.45) is 17.6 Å². The maximum Gasteiger partial charge on any atom is 0.0197 e. The van der Waals surface area contributed by atoms with Crippen molar-refractivity contribution in [1.82, 2.24) is 0 Å². The number of nitrogens with two attached hydrogens (primary N) is 1. The molecule has 1 saturated carbocycles. The van der Waals surface area contributed by atoms with E-state index >= 15 is 0 Å². The average Bonchev–Trinajstić information content (AvgIpc) is 2.38. The van der Waals surface area contributed by atoms with Crippen LogP contribution in [0.1, 0.15) is 64.0 Å². The molecule has 2 unspecified atom stereocenters. The molecule has 1 heteroatoms. The number of aryl methyl sites for hydroxylation is 1. The quantitative estimate of drug-likeness (QED) is 0.825. The van der Waals surface area contributed by atoms with E-state index in [-0.39, 0.29) is 5.54 Å². The van der Waals surface area contributed by atoms with Gasteiger partial charge in [-0.25, -0.2) is 0 Å². The van der Waals surface area contributed by atoms with E-state index in [4.69, 9.17) is 5.73 Å². The van der Waals surface area contributed by atoms with Crippen LogP contribution in [0.3, 0.4) is 0 Å². The second-order valence-corrected chi connectivity index (χ2v) is 7.30. The van der Waals surface area contributed by atoms with Gasteiger partial charge in [0.15, 0.2) is 0 Å². The Morgan fingerprint density at radius 1 is 1.20 bits per heavy atom. The zero-order valence-corrected chi connectivity index (χ0v) is 13.5. The second-order valence-electron chi connectivity index (χ2n) is 7.30. The van der Waals surface area contributed by atoms with E-state index in [1.54, 1.807) is 0 Å². The summed E-state index contributed by atoms with van der Waals surface area (Å²) in [5.74, 6) is 1.63. The molecule has 20 heavy (non-hydrogen) atoms. The molecule has 1 aromatic carbocycles. The third-order valence-electron chi connectivity index (χ3n) is 4.77. The topological polar surface area (TPSA) is 26.0 Å². The summed E-state index contributed by atoms with van der Waals surface area (Å²) < 4.78 is 0. The molecule has 1 aliphatic rings. The van der Waals surface area contributed by atoms with Gasteiger partial charge in [-0.3, -0.25) is 0 Å². The van der Waals surface area contributed by atoms with Crippen LogP contribution in [0.15, 0.2) is 24.3 Å². The second kappa shape index (κ2) is 6.76. The predicted octanol–water partition coefficient (Wildman–Crippen LogP) is 4.73. The van der Waals surface area contributed by atoms with Gasteiger partial charge in [0.2, 0.25) is 0 Å². The van der Waals surface area contributed by atoms with Gasteiger partial charge in [-0.15, -0.1) is 0 Å². The number of benzene rings is 1. The SMILES string of the molecule is CCc1ccc(CC2(N)CCCC(CC(C)C)C2)cc1. The minimum Gasteiger partial charge on any atom is -0.325 e. The Morgan fingerprint density at radius 3 is 2.45 bits per heavy atom. The minimum absolute atomic E-state index is 0.0333. The summed E-state index contributed by atoms with van der Waals surface area (Å²) in [5.41, 5.74) is 9.59. The van der Waals surface area contributed by atoms with E-state index in [1.165, 1.54) is 43.2 Å². The molecule has 0 bridgehead atoms. The van der Waals surface area contributed by atoms with Gasteiger partial charge in [-0.1, -0.05) is 57.9 Å². The van der Waals surface area contributed by atoms with Crippen LogP contribution >= 0.6 is 0 Å². The molecule has 0 amide bonds. The molecule has 1 aliphatic carbocycles. The first-order chi connectivity index (χ1) is 9.50. The molecular formula is C19H31N. The summed E-state index contributed by atoms with van der Waals surface area (Å²) >= 11 is 0. The van der Waals surface area contributed by atoms with E-state index in [1.807, 2.05) is 0 Å². The average molecular weight is 273 g/mol. The van der Waals surface area contributed by atoms with Gasteiger partial charge in [0.25, 0.3) is 0 Å². The fraction of sp³-hybridized carbons (Fsp3) is 0.684. The van der Waals surface area contributed by atoms with E-state index in [0.29, 0.717) is 0 Å². The Kier molecular flexibility index (Phi) is 5.26. The summed E-state index contributed by atoms with van der Waals surface area (Å²) in [6.07, 6.45) is 8.59. The molecule has 112 valence electrons. The van der Waals surface area contributed by atoms with Crippen LogP contribution in [-0.4, -0.2) is 5.54 Å². The molecule has 1 fully saturated rings. The third-order valence-corrected chi connectivity index (χ3v) is 4.77. The van der Waals surface area contributed by atoms with Crippen LogP contribution in [-0.2, 0) is 12.8 Å². The first kappa shape index (κ1) is 15.6. The largest absolute Gasteiger partial charge is 0.325 e. The van der Waals surface area contributed by atoms with E-state index in [0.717, 1.165) is 24.7 Å². The van der Waals surface area contributed by atoms with Gasteiger partial charge < -0.3 is 5.73 Å². The Morgan fingerprint density at radius 2 is 1.85 bits per heavy atom. The van der Waals surface area contributed by atoms with Gasteiger partial charge in [0, 0.05) is 5.54 Å². The highest BCUT2D eigenvalue weighted by Crippen LogP contribution is 2.36. The lowest BCUT2D eigenvalue weighted by Crippen LogP contribution is -2.46. The maximum atomic E-state index is 6.73. The highest BCUT2D eigenvalue weighted by Gasteiger charge is 2.32. The first-order valence-corrected chi connectivity index (χ1v) is 8.37. The lowest BCUT2D eigenvalue weighted by molar-refractivity contribution is 0.200. The van der Waals surface area contributed by atoms with Crippen molar-refractivity contribution in [3.63, 3.8) is 0 Å². The van der Waals surface area contributed by atoms with E-state index in [2.05, 4.69) is 45.0 Å². The standard InChI is InChI=1S/C19H31N/c1-4-16-7-9-17(10-8-16)13-19(20)11-5-6-18(14-19)12-15(2)3/h7-10,15,18H,4-6,11-14,20H2,1-3H3. The highest BCUT2D eigenvalue weighted by atomic mass is 14.7. The molecule has 2 atom stereocenters. The highest BCUT2D eigenvalue weighted by molar-refractivity contribution is 5.24. The number of hydrogen-bond acceptors (Lipinski definition) is 1. The summed E-state index contributed by atoms with van der Waals surface area (Å²) in [4.78, 5) is 0. The van der Waals surface area contributed by atoms with Gasteiger partial charge in [0.05, 0.1) is 0 Å². The molecule has 0 aliphatic heterocycles. The van der Waals surface area contributed by atoms with Crippen molar-refractivity contribution in [3.8, 4) is 0 Å². The number of hydrogen-bond donors (Lipinski definition) is 1. The Hall–Kier alpha value is -0.820. The van der Waals surface area contributed by atoms with Gasteiger partial charge >= 0.3 is 0 Å². The Balaban J connectivity index is 1.98. The van der Waals surface area contributed by atoms with Gasteiger partial charge in [-0.05, 0) is 55.1 Å². The summed E-state index contributed by atoms with van der Waals surface area (Å²) in [7, 11) is 0. The molecule has 2 rings (SSSR count). The van der Waals surface area contributed by atoms with Gasteiger partial charge in [0.1, 0.15) is 0 Å². The van der Waals surface area contributed by atoms with E-state index < -0.39 is 0 Å². The van der Waals surface area contributed by atoms with Crippen molar-refractivity contribution < 1.29 is 0 Å². The maximum absolute atomic E-state index is 6.73. The summed E-state index contributed by atoms with van der Waals surface area (Å²) in [5, 5.41) is 0. The molecule has 0 saturated heterocycles. The molecule has 0 heterocycles.